The zero-order valence-corrected chi connectivity index (χ0v) is 15.2. The molecule has 0 N–H and O–H groups in total. The van der Waals surface area contributed by atoms with Crippen molar-refractivity contribution < 1.29 is 9.90 Å². The van der Waals surface area contributed by atoms with Gasteiger partial charge in [-0.05, 0) is 19.4 Å². The quantitative estimate of drug-likeness (QED) is 0.706. The Bertz CT molecular complexity index is 868. The molecule has 1 unspecified atom stereocenters. The summed E-state index contributed by atoms with van der Waals surface area (Å²) in [5.74, 6) is 6.59. The SMILES string of the molecule is C#CC1(C)Sc2c([CH2])c3c(c(C(=O)[O-])c2S1)SC(C#C)(C#C)S3. The van der Waals surface area contributed by atoms with Crippen molar-refractivity contribution in [3.63, 3.8) is 0 Å². The lowest BCUT2D eigenvalue weighted by atomic mass is 10.1. The van der Waals surface area contributed by atoms with Crippen molar-refractivity contribution in [3.8, 4) is 37.0 Å². The first-order valence-corrected chi connectivity index (χ1v) is 9.53. The first kappa shape index (κ1) is 16.6. The number of carbonyl (C=O) groups is 1. The van der Waals surface area contributed by atoms with Crippen LogP contribution in [0.25, 0.3) is 0 Å². The second kappa shape index (κ2) is 5.40. The van der Waals surface area contributed by atoms with Crippen molar-refractivity contribution in [2.75, 3.05) is 0 Å². The average molecular weight is 373 g/mol. The fourth-order valence-electron chi connectivity index (χ4n) is 2.24. The van der Waals surface area contributed by atoms with Crippen LogP contribution < -0.4 is 5.11 Å². The lowest BCUT2D eigenvalue weighted by molar-refractivity contribution is -0.255. The standard InChI is InChI=1S/C17H9O2S4/c1-6-16(5)20-11-9(4)12-14(10(15(18)19)13(11)21-16)23-17(7-2,8-3)22-12/h1-3H,4H2,5H3,(H,18,19)/p-1. The molecule has 2 nitrogen and oxygen atoms in total. The molecule has 0 aromatic heterocycles. The van der Waals surface area contributed by atoms with E-state index in [0.717, 1.165) is 10.5 Å². The molecule has 1 atom stereocenters. The van der Waals surface area contributed by atoms with Crippen molar-refractivity contribution in [3.05, 3.63) is 18.1 Å². The van der Waals surface area contributed by atoms with E-state index < -0.39 is 14.1 Å². The maximum Gasteiger partial charge on any atom is 0.191 e. The highest BCUT2D eigenvalue weighted by atomic mass is 32.2. The fourth-order valence-corrected chi connectivity index (χ4v) is 7.76. The molecule has 6 heteroatoms. The Kier molecular flexibility index (Phi) is 3.90. The van der Waals surface area contributed by atoms with E-state index in [9.17, 15) is 9.90 Å². The molecule has 113 valence electrons. The molecule has 1 radical (unpaired) electrons. The Hall–Kier alpha value is -1.23. The van der Waals surface area contributed by atoms with Crippen LogP contribution in [-0.4, -0.2) is 14.1 Å². The van der Waals surface area contributed by atoms with E-state index in [1.54, 1.807) is 0 Å². The number of aromatic carboxylic acids is 1. The molecular weight excluding hydrogens is 364 g/mol. The molecule has 23 heavy (non-hydrogen) atoms. The van der Waals surface area contributed by atoms with E-state index in [1.807, 2.05) is 6.92 Å². The molecule has 0 saturated carbocycles. The maximum absolute atomic E-state index is 11.8. The lowest BCUT2D eigenvalue weighted by Gasteiger charge is -2.16. The molecule has 2 aliphatic heterocycles. The van der Waals surface area contributed by atoms with Crippen LogP contribution in [0, 0.1) is 44.0 Å². The van der Waals surface area contributed by atoms with Gasteiger partial charge in [0.2, 0.25) is 0 Å². The van der Waals surface area contributed by atoms with Crippen LogP contribution in [0.5, 0.6) is 0 Å². The Balaban J connectivity index is 2.29. The number of terminal acetylenes is 3. The predicted octanol–water partition coefficient (Wildman–Crippen LogP) is 2.94. The summed E-state index contributed by atoms with van der Waals surface area (Å²) in [5, 5.41) is 11.8. The van der Waals surface area contributed by atoms with Crippen LogP contribution in [0.3, 0.4) is 0 Å². The van der Waals surface area contributed by atoms with Gasteiger partial charge < -0.3 is 9.90 Å². The van der Waals surface area contributed by atoms with E-state index >= 15 is 0 Å². The van der Waals surface area contributed by atoms with Crippen LogP contribution in [0.1, 0.15) is 22.8 Å². The summed E-state index contributed by atoms with van der Waals surface area (Å²) >= 11 is 5.22. The van der Waals surface area contributed by atoms with Gasteiger partial charge in [0.25, 0.3) is 0 Å². The van der Waals surface area contributed by atoms with Gasteiger partial charge in [0.15, 0.2) is 4.08 Å². The molecule has 2 heterocycles. The van der Waals surface area contributed by atoms with Crippen molar-refractivity contribution in [1.82, 2.24) is 0 Å². The molecule has 1 aromatic rings. The van der Waals surface area contributed by atoms with Gasteiger partial charge in [0, 0.05) is 25.1 Å². The van der Waals surface area contributed by atoms with Gasteiger partial charge in [-0.2, -0.15) is 0 Å². The summed E-state index contributed by atoms with van der Waals surface area (Å²) in [4.78, 5) is 14.4. The number of carboxylic acid groups (broad SMARTS) is 1. The largest absolute Gasteiger partial charge is 0.545 e. The Labute approximate surface area is 152 Å². The molecule has 0 spiro atoms. The lowest BCUT2D eigenvalue weighted by Crippen LogP contribution is -2.24. The van der Waals surface area contributed by atoms with Crippen LogP contribution in [0.2, 0.25) is 0 Å². The van der Waals surface area contributed by atoms with Crippen LogP contribution in [0.4, 0.5) is 0 Å². The van der Waals surface area contributed by atoms with Gasteiger partial charge in [-0.15, -0.1) is 19.3 Å². The Morgan fingerprint density at radius 2 is 1.48 bits per heavy atom. The van der Waals surface area contributed by atoms with Gasteiger partial charge >= 0.3 is 0 Å². The predicted molar refractivity (Wildman–Crippen MR) is 96.3 cm³/mol. The molecule has 0 bridgehead atoms. The number of hydrogen-bond acceptors (Lipinski definition) is 6. The normalized spacial score (nSPS) is 23.3. The molecule has 0 fully saturated rings. The Morgan fingerprint density at radius 3 is 2.00 bits per heavy atom. The molecule has 0 saturated heterocycles. The third-order valence-electron chi connectivity index (χ3n) is 3.35. The van der Waals surface area contributed by atoms with Crippen LogP contribution >= 0.6 is 47.0 Å². The summed E-state index contributed by atoms with van der Waals surface area (Å²) in [6.45, 7) is 5.99. The minimum absolute atomic E-state index is 0.115. The molecule has 1 aromatic carbocycles. The highest BCUT2D eigenvalue weighted by molar-refractivity contribution is 8.22. The van der Waals surface area contributed by atoms with E-state index in [2.05, 4.69) is 24.7 Å². The summed E-state index contributed by atoms with van der Waals surface area (Å²) in [5.41, 5.74) is 0.838. The van der Waals surface area contributed by atoms with E-state index in [0.29, 0.717) is 14.7 Å². The minimum Gasteiger partial charge on any atom is -0.545 e. The Morgan fingerprint density at radius 1 is 1.00 bits per heavy atom. The monoisotopic (exact) mass is 372 g/mol. The zero-order valence-electron chi connectivity index (χ0n) is 11.9. The molecule has 3 rings (SSSR count). The van der Waals surface area contributed by atoms with Crippen molar-refractivity contribution in [2.45, 2.75) is 34.7 Å². The van der Waals surface area contributed by atoms with Gasteiger partial charge in [0.1, 0.15) is 4.08 Å². The molecule has 0 aliphatic carbocycles. The van der Waals surface area contributed by atoms with E-state index in [4.69, 9.17) is 19.3 Å². The molecule has 0 amide bonds. The van der Waals surface area contributed by atoms with Crippen molar-refractivity contribution >= 4 is 53.0 Å². The number of fused-ring (bicyclic) bond motifs is 2. The topological polar surface area (TPSA) is 40.1 Å². The maximum atomic E-state index is 11.8. The van der Waals surface area contributed by atoms with Crippen LogP contribution in [0.15, 0.2) is 19.6 Å². The van der Waals surface area contributed by atoms with E-state index in [-0.39, 0.29) is 5.56 Å². The number of carbonyl (C=O) groups excluding carboxylic acids is 1. The van der Waals surface area contributed by atoms with Gasteiger partial charge in [-0.1, -0.05) is 64.8 Å². The summed E-state index contributed by atoms with van der Waals surface area (Å²) in [6, 6.07) is 0. The summed E-state index contributed by atoms with van der Waals surface area (Å²) in [7, 11) is 0. The summed E-state index contributed by atoms with van der Waals surface area (Å²) < 4.78 is -1.53. The first-order chi connectivity index (χ1) is 10.8. The van der Waals surface area contributed by atoms with Crippen molar-refractivity contribution in [2.24, 2.45) is 0 Å². The minimum atomic E-state index is -1.26. The summed E-state index contributed by atoms with van der Waals surface area (Å²) in [6.07, 6.45) is 16.7. The molecule has 2 aliphatic rings. The highest BCUT2D eigenvalue weighted by Gasteiger charge is 2.44. The zero-order chi connectivity index (χ0) is 17.0. The number of benzene rings is 1. The second-order valence-corrected chi connectivity index (χ2v) is 10.7. The number of rotatable bonds is 1. The van der Waals surface area contributed by atoms with Crippen molar-refractivity contribution in [1.29, 1.82) is 0 Å². The van der Waals surface area contributed by atoms with Crippen LogP contribution in [-0.2, 0) is 0 Å². The number of hydrogen-bond donors (Lipinski definition) is 0. The fraction of sp³-hybridized carbons (Fsp3) is 0.176. The smallest absolute Gasteiger partial charge is 0.191 e. The van der Waals surface area contributed by atoms with Gasteiger partial charge in [0.05, 0.1) is 5.97 Å². The third-order valence-corrected chi connectivity index (χ3v) is 9.20. The average Bonchev–Trinajstić information content (AvgIpc) is 3.07. The third kappa shape index (κ3) is 2.35. The van der Waals surface area contributed by atoms with E-state index in [1.165, 1.54) is 47.0 Å². The highest BCUT2D eigenvalue weighted by Crippen LogP contribution is 2.65. The number of carboxylic acids is 1. The first-order valence-electron chi connectivity index (χ1n) is 6.26. The van der Waals surface area contributed by atoms with Gasteiger partial charge in [-0.3, -0.25) is 0 Å². The number of thioether (sulfide) groups is 4. The molecular formula is C17H8O2S4-. The second-order valence-electron chi connectivity index (χ2n) is 4.86. The van der Waals surface area contributed by atoms with Gasteiger partial charge in [-0.25, -0.2) is 0 Å².